The number of alkyl carbamates (subject to hydrolysis) is 1. The molecule has 0 heterocycles. The average molecular weight is 551 g/mol. The SMILES string of the molecule is CC(C)C[C@H](NC(=O)[C@H](COCc1ccccc1)NC(=O)[C@H](C)NC(=O)CNC(=O)OC(C)(C)C)C(=O)NN. The van der Waals surface area contributed by atoms with Crippen LogP contribution in [-0.4, -0.2) is 66.6 Å². The van der Waals surface area contributed by atoms with Gasteiger partial charge in [0, 0.05) is 0 Å². The predicted molar refractivity (Wildman–Crippen MR) is 144 cm³/mol. The molecule has 0 spiro atoms. The molecule has 1 aromatic rings. The Hall–Kier alpha value is -3.71. The fourth-order valence-electron chi connectivity index (χ4n) is 3.25. The molecule has 0 saturated heterocycles. The van der Waals surface area contributed by atoms with Crippen molar-refractivity contribution in [2.24, 2.45) is 11.8 Å². The summed E-state index contributed by atoms with van der Waals surface area (Å²) in [4.78, 5) is 62.1. The fourth-order valence-corrected chi connectivity index (χ4v) is 3.25. The summed E-state index contributed by atoms with van der Waals surface area (Å²) >= 11 is 0. The number of carbonyl (C=O) groups excluding carboxylic acids is 5. The van der Waals surface area contributed by atoms with Gasteiger partial charge in [0.1, 0.15) is 30.3 Å². The van der Waals surface area contributed by atoms with E-state index < -0.39 is 60.0 Å². The predicted octanol–water partition coefficient (Wildman–Crippen LogP) is 0.238. The van der Waals surface area contributed by atoms with Crippen LogP contribution < -0.4 is 32.5 Å². The first kappa shape index (κ1) is 33.3. The lowest BCUT2D eigenvalue weighted by Crippen LogP contribution is -2.58. The molecule has 13 nitrogen and oxygen atoms in total. The van der Waals surface area contributed by atoms with Gasteiger partial charge in [-0.25, -0.2) is 10.6 Å². The molecule has 7 N–H and O–H groups in total. The van der Waals surface area contributed by atoms with E-state index >= 15 is 0 Å². The highest BCUT2D eigenvalue weighted by atomic mass is 16.6. The van der Waals surface area contributed by atoms with Gasteiger partial charge in [0.2, 0.25) is 17.7 Å². The van der Waals surface area contributed by atoms with Gasteiger partial charge in [0.15, 0.2) is 0 Å². The van der Waals surface area contributed by atoms with Crippen molar-refractivity contribution in [3.63, 3.8) is 0 Å². The number of nitrogens with two attached hydrogens (primary N) is 1. The maximum atomic E-state index is 13.1. The van der Waals surface area contributed by atoms with Crippen LogP contribution in [0.3, 0.4) is 0 Å². The second-order valence-corrected chi connectivity index (χ2v) is 10.4. The van der Waals surface area contributed by atoms with Crippen LogP contribution in [0.4, 0.5) is 4.79 Å². The van der Waals surface area contributed by atoms with Crippen LogP contribution in [0.15, 0.2) is 30.3 Å². The zero-order valence-electron chi connectivity index (χ0n) is 23.5. The quantitative estimate of drug-likeness (QED) is 0.108. The van der Waals surface area contributed by atoms with Gasteiger partial charge in [0.25, 0.3) is 5.91 Å². The number of benzene rings is 1. The number of hydrazine groups is 1. The fraction of sp³-hybridized carbons (Fsp3) is 0.577. The minimum absolute atomic E-state index is 0.0690. The average Bonchev–Trinajstić information content (AvgIpc) is 2.85. The third-order valence-electron chi connectivity index (χ3n) is 5.07. The summed E-state index contributed by atoms with van der Waals surface area (Å²) in [5.74, 6) is 2.79. The van der Waals surface area contributed by atoms with Crippen molar-refractivity contribution in [1.82, 2.24) is 26.7 Å². The summed E-state index contributed by atoms with van der Waals surface area (Å²) in [6, 6.07) is 6.08. The lowest BCUT2D eigenvalue weighted by atomic mass is 10.0. The summed E-state index contributed by atoms with van der Waals surface area (Å²) in [6.45, 7) is 9.80. The lowest BCUT2D eigenvalue weighted by molar-refractivity contribution is -0.135. The van der Waals surface area contributed by atoms with Gasteiger partial charge in [-0.05, 0) is 45.6 Å². The molecule has 0 saturated carbocycles. The first-order valence-electron chi connectivity index (χ1n) is 12.7. The van der Waals surface area contributed by atoms with E-state index in [2.05, 4.69) is 21.3 Å². The molecule has 0 aromatic heterocycles. The molecule has 1 rings (SSSR count). The molecule has 0 aliphatic carbocycles. The summed E-state index contributed by atoms with van der Waals surface area (Å²) < 4.78 is 10.7. The Morgan fingerprint density at radius 1 is 0.872 bits per heavy atom. The van der Waals surface area contributed by atoms with Crippen molar-refractivity contribution in [1.29, 1.82) is 0 Å². The molecular weight excluding hydrogens is 508 g/mol. The van der Waals surface area contributed by atoms with Crippen molar-refractivity contribution in [3.8, 4) is 0 Å². The smallest absolute Gasteiger partial charge is 0.408 e. The van der Waals surface area contributed by atoms with Crippen LogP contribution >= 0.6 is 0 Å². The first-order valence-corrected chi connectivity index (χ1v) is 12.7. The second kappa shape index (κ2) is 16.3. The van der Waals surface area contributed by atoms with E-state index in [9.17, 15) is 24.0 Å². The zero-order valence-corrected chi connectivity index (χ0v) is 23.5. The van der Waals surface area contributed by atoms with E-state index in [0.717, 1.165) is 5.56 Å². The molecule has 1 aromatic carbocycles. The summed E-state index contributed by atoms with van der Waals surface area (Å²) in [5, 5.41) is 9.91. The number of amides is 5. The summed E-state index contributed by atoms with van der Waals surface area (Å²) in [5.41, 5.74) is 2.16. The highest BCUT2D eigenvalue weighted by Crippen LogP contribution is 2.07. The zero-order chi connectivity index (χ0) is 29.6. The van der Waals surface area contributed by atoms with Gasteiger partial charge in [-0.3, -0.25) is 24.6 Å². The first-order chi connectivity index (χ1) is 18.2. The molecule has 0 radical (unpaired) electrons. The van der Waals surface area contributed by atoms with Gasteiger partial charge >= 0.3 is 6.09 Å². The molecule has 0 fully saturated rings. The van der Waals surface area contributed by atoms with Gasteiger partial charge < -0.3 is 30.7 Å². The molecule has 39 heavy (non-hydrogen) atoms. The van der Waals surface area contributed by atoms with Crippen molar-refractivity contribution < 1.29 is 33.4 Å². The molecule has 218 valence electrons. The van der Waals surface area contributed by atoms with Crippen LogP contribution in [0.5, 0.6) is 0 Å². The Morgan fingerprint density at radius 3 is 2.05 bits per heavy atom. The normalized spacial score (nSPS) is 13.4. The van der Waals surface area contributed by atoms with E-state index in [0.29, 0.717) is 6.42 Å². The van der Waals surface area contributed by atoms with E-state index in [4.69, 9.17) is 15.3 Å². The number of rotatable bonds is 14. The minimum atomic E-state index is -1.18. The number of hydrogen-bond donors (Lipinski definition) is 6. The Morgan fingerprint density at radius 2 is 1.49 bits per heavy atom. The molecule has 0 bridgehead atoms. The molecule has 3 atom stereocenters. The Kier molecular flexibility index (Phi) is 13.9. The molecule has 0 unspecified atom stereocenters. The third-order valence-corrected chi connectivity index (χ3v) is 5.07. The van der Waals surface area contributed by atoms with E-state index in [1.807, 2.05) is 49.6 Å². The highest BCUT2D eigenvalue weighted by molar-refractivity contribution is 5.94. The Labute approximate surface area is 229 Å². The standard InChI is InChI=1S/C26H42N6O7/c1-16(2)12-19(24(36)32-27)30-23(35)20(15-38-14-18-10-8-7-9-11-18)31-22(34)17(3)29-21(33)13-28-25(37)39-26(4,5)6/h7-11,16-17,19-20H,12-15,27H2,1-6H3,(H,28,37)(H,29,33)(H,30,35)(H,31,34)(H,32,36)/t17-,19-,20-/m0/s1. The van der Waals surface area contributed by atoms with Crippen LogP contribution in [-0.2, 0) is 35.3 Å². The number of carbonyl (C=O) groups is 5. The van der Waals surface area contributed by atoms with Crippen LogP contribution in [0.2, 0.25) is 0 Å². The molecule has 0 aliphatic heterocycles. The van der Waals surface area contributed by atoms with Gasteiger partial charge in [0.05, 0.1) is 13.2 Å². The van der Waals surface area contributed by atoms with Crippen molar-refractivity contribution >= 4 is 29.7 Å². The van der Waals surface area contributed by atoms with Gasteiger partial charge in [-0.1, -0.05) is 44.2 Å². The van der Waals surface area contributed by atoms with Crippen LogP contribution in [0.1, 0.15) is 53.5 Å². The van der Waals surface area contributed by atoms with Crippen molar-refractivity contribution in [2.75, 3.05) is 13.2 Å². The Bertz CT molecular complexity index is 965. The lowest BCUT2D eigenvalue weighted by Gasteiger charge is -2.25. The Balaban J connectivity index is 2.82. The van der Waals surface area contributed by atoms with E-state index in [-0.39, 0.29) is 19.1 Å². The van der Waals surface area contributed by atoms with E-state index in [1.165, 1.54) is 6.92 Å². The van der Waals surface area contributed by atoms with Crippen LogP contribution in [0.25, 0.3) is 0 Å². The summed E-state index contributed by atoms with van der Waals surface area (Å²) in [7, 11) is 0. The second-order valence-electron chi connectivity index (χ2n) is 10.4. The van der Waals surface area contributed by atoms with Gasteiger partial charge in [-0.15, -0.1) is 0 Å². The minimum Gasteiger partial charge on any atom is -0.444 e. The third kappa shape index (κ3) is 14.1. The highest BCUT2D eigenvalue weighted by Gasteiger charge is 2.29. The number of hydrogen-bond acceptors (Lipinski definition) is 8. The van der Waals surface area contributed by atoms with Crippen molar-refractivity contribution in [2.45, 2.75) is 78.3 Å². The largest absolute Gasteiger partial charge is 0.444 e. The van der Waals surface area contributed by atoms with Gasteiger partial charge in [-0.2, -0.15) is 0 Å². The summed E-state index contributed by atoms with van der Waals surface area (Å²) in [6.07, 6.45) is -0.461. The molecule has 13 heteroatoms. The van der Waals surface area contributed by atoms with Crippen LogP contribution in [0, 0.1) is 5.92 Å². The maximum absolute atomic E-state index is 13.1. The maximum Gasteiger partial charge on any atom is 0.408 e. The number of ether oxygens (including phenoxy) is 2. The molecule has 5 amide bonds. The molecule has 0 aliphatic rings. The van der Waals surface area contributed by atoms with Crippen molar-refractivity contribution in [3.05, 3.63) is 35.9 Å². The number of nitrogens with one attached hydrogen (secondary N) is 5. The topological polar surface area (TPSA) is 190 Å². The molecular formula is C26H42N6O7. The van der Waals surface area contributed by atoms with E-state index in [1.54, 1.807) is 20.8 Å². The monoisotopic (exact) mass is 550 g/mol.